The number of amides is 1. The lowest BCUT2D eigenvalue weighted by atomic mass is 10.2. The standard InChI is InChI=1S/C20H16ClNO3S2/c21-15-4-1-3-14(11-15)12-26-13-19(23)25-17-8-6-16(7-9-17)22-20(24)18-5-2-10-27-18/h1-11H,12-13H2,(H,22,24). The Balaban J connectivity index is 1.44. The molecule has 4 nitrogen and oxygen atoms in total. The number of rotatable bonds is 7. The minimum atomic E-state index is -0.322. The van der Waals surface area contributed by atoms with Gasteiger partial charge in [0.25, 0.3) is 5.91 Å². The summed E-state index contributed by atoms with van der Waals surface area (Å²) < 4.78 is 5.31. The molecule has 1 amide bonds. The molecule has 7 heteroatoms. The molecule has 0 aliphatic heterocycles. The minimum Gasteiger partial charge on any atom is -0.426 e. The third kappa shape index (κ3) is 6.13. The Hall–Kier alpha value is -2.28. The summed E-state index contributed by atoms with van der Waals surface area (Å²) >= 11 is 8.78. The number of nitrogens with one attached hydrogen (secondary N) is 1. The fraction of sp³-hybridized carbons (Fsp3) is 0.100. The Labute approximate surface area is 170 Å². The summed E-state index contributed by atoms with van der Waals surface area (Å²) in [5.74, 6) is 0.884. The fourth-order valence-corrected chi connectivity index (χ4v) is 3.82. The molecule has 0 unspecified atom stereocenters. The van der Waals surface area contributed by atoms with Crippen molar-refractivity contribution in [2.45, 2.75) is 5.75 Å². The molecule has 0 atom stereocenters. The number of carbonyl (C=O) groups excluding carboxylic acids is 2. The summed E-state index contributed by atoms with van der Waals surface area (Å²) in [4.78, 5) is 24.6. The lowest BCUT2D eigenvalue weighted by Crippen LogP contribution is -2.12. The Morgan fingerprint density at radius 2 is 1.89 bits per heavy atom. The lowest BCUT2D eigenvalue weighted by Gasteiger charge is -2.07. The second-order valence-corrected chi connectivity index (χ2v) is 7.92. The van der Waals surface area contributed by atoms with E-state index in [4.69, 9.17) is 16.3 Å². The molecule has 2 aromatic carbocycles. The van der Waals surface area contributed by atoms with Gasteiger partial charge < -0.3 is 10.1 Å². The van der Waals surface area contributed by atoms with E-state index < -0.39 is 0 Å². The summed E-state index contributed by atoms with van der Waals surface area (Å²) in [5, 5.41) is 5.33. The van der Waals surface area contributed by atoms with Gasteiger partial charge in [-0.25, -0.2) is 0 Å². The van der Waals surface area contributed by atoms with Crippen molar-refractivity contribution in [3.63, 3.8) is 0 Å². The fourth-order valence-electron chi connectivity index (χ4n) is 2.25. The molecule has 1 N–H and O–H groups in total. The van der Waals surface area contributed by atoms with Crippen molar-refractivity contribution in [3.8, 4) is 5.75 Å². The summed E-state index contributed by atoms with van der Waals surface area (Å²) in [6, 6.07) is 17.8. The normalized spacial score (nSPS) is 10.4. The van der Waals surface area contributed by atoms with Crippen molar-refractivity contribution in [3.05, 3.63) is 81.5 Å². The molecule has 3 aromatic rings. The molecular weight excluding hydrogens is 402 g/mol. The predicted octanol–water partition coefficient (Wildman–Crippen LogP) is 5.49. The van der Waals surface area contributed by atoms with E-state index in [2.05, 4.69) is 5.32 Å². The number of ether oxygens (including phenoxy) is 1. The average Bonchev–Trinajstić information content (AvgIpc) is 3.18. The number of hydrogen-bond acceptors (Lipinski definition) is 5. The van der Waals surface area contributed by atoms with Crippen LogP contribution in [0.15, 0.2) is 66.0 Å². The number of thioether (sulfide) groups is 1. The Morgan fingerprint density at radius 1 is 1.07 bits per heavy atom. The van der Waals surface area contributed by atoms with Gasteiger partial charge in [0.1, 0.15) is 5.75 Å². The smallest absolute Gasteiger partial charge is 0.321 e. The van der Waals surface area contributed by atoms with Crippen LogP contribution in [0.3, 0.4) is 0 Å². The Morgan fingerprint density at radius 3 is 2.59 bits per heavy atom. The highest BCUT2D eigenvalue weighted by atomic mass is 35.5. The van der Waals surface area contributed by atoms with Gasteiger partial charge in [0.15, 0.2) is 0 Å². The minimum absolute atomic E-state index is 0.160. The molecule has 27 heavy (non-hydrogen) atoms. The number of hydrogen-bond donors (Lipinski definition) is 1. The summed E-state index contributed by atoms with van der Waals surface area (Å²) in [6.07, 6.45) is 0. The van der Waals surface area contributed by atoms with Crippen molar-refractivity contribution < 1.29 is 14.3 Å². The average molecular weight is 418 g/mol. The first kappa shape index (κ1) is 19.5. The lowest BCUT2D eigenvalue weighted by molar-refractivity contribution is -0.131. The second kappa shape index (κ2) is 9.60. The number of thiophene rings is 1. The second-order valence-electron chi connectivity index (χ2n) is 5.55. The maximum atomic E-state index is 12.0. The number of esters is 1. The zero-order chi connectivity index (χ0) is 19.1. The van der Waals surface area contributed by atoms with Gasteiger partial charge >= 0.3 is 5.97 Å². The van der Waals surface area contributed by atoms with E-state index in [1.54, 1.807) is 30.3 Å². The van der Waals surface area contributed by atoms with Crippen molar-refractivity contribution in [2.24, 2.45) is 0 Å². The molecule has 0 saturated carbocycles. The zero-order valence-corrected chi connectivity index (χ0v) is 16.6. The van der Waals surface area contributed by atoms with Crippen LogP contribution in [0, 0.1) is 0 Å². The molecule has 3 rings (SSSR count). The molecule has 0 aliphatic carbocycles. The first-order valence-electron chi connectivity index (χ1n) is 8.08. The van der Waals surface area contributed by atoms with E-state index in [9.17, 15) is 9.59 Å². The SMILES string of the molecule is O=C(CSCc1cccc(Cl)c1)Oc1ccc(NC(=O)c2cccs2)cc1. The molecule has 138 valence electrons. The molecule has 0 spiro atoms. The Bertz CT molecular complexity index is 911. The topological polar surface area (TPSA) is 55.4 Å². The summed E-state index contributed by atoms with van der Waals surface area (Å²) in [5.41, 5.74) is 1.70. The van der Waals surface area contributed by atoms with Crippen LogP contribution in [0.2, 0.25) is 5.02 Å². The first-order chi connectivity index (χ1) is 13.1. The van der Waals surface area contributed by atoms with E-state index in [0.717, 1.165) is 5.56 Å². The molecule has 0 bridgehead atoms. The third-order valence-corrected chi connectivity index (χ3v) is 5.55. The van der Waals surface area contributed by atoms with E-state index >= 15 is 0 Å². The van der Waals surface area contributed by atoms with Crippen molar-refractivity contribution in [1.29, 1.82) is 0 Å². The van der Waals surface area contributed by atoms with Crippen LogP contribution >= 0.6 is 34.7 Å². The largest absolute Gasteiger partial charge is 0.426 e. The van der Waals surface area contributed by atoms with E-state index in [-0.39, 0.29) is 17.6 Å². The van der Waals surface area contributed by atoms with Crippen LogP contribution < -0.4 is 10.1 Å². The van der Waals surface area contributed by atoms with Crippen molar-refractivity contribution in [1.82, 2.24) is 0 Å². The maximum absolute atomic E-state index is 12.0. The van der Waals surface area contributed by atoms with Crippen molar-refractivity contribution >= 4 is 52.3 Å². The first-order valence-corrected chi connectivity index (χ1v) is 10.5. The highest BCUT2D eigenvalue weighted by Crippen LogP contribution is 2.20. The monoisotopic (exact) mass is 417 g/mol. The molecule has 0 fully saturated rings. The molecule has 0 saturated heterocycles. The molecule has 1 aromatic heterocycles. The summed E-state index contributed by atoms with van der Waals surface area (Å²) in [7, 11) is 0. The van der Waals surface area contributed by atoms with E-state index in [1.165, 1.54) is 23.1 Å². The highest BCUT2D eigenvalue weighted by molar-refractivity contribution is 7.99. The Kier molecular flexibility index (Phi) is 6.92. The molecule has 0 aliphatic rings. The van der Waals surface area contributed by atoms with Crippen LogP contribution in [0.1, 0.15) is 15.2 Å². The van der Waals surface area contributed by atoms with Crippen LogP contribution in [-0.2, 0) is 10.5 Å². The van der Waals surface area contributed by atoms with E-state index in [1.807, 2.05) is 35.7 Å². The number of anilines is 1. The van der Waals surface area contributed by atoms with Gasteiger partial charge in [0.2, 0.25) is 0 Å². The zero-order valence-electron chi connectivity index (χ0n) is 14.2. The third-order valence-electron chi connectivity index (χ3n) is 3.47. The maximum Gasteiger partial charge on any atom is 0.321 e. The number of halogens is 1. The molecule has 1 heterocycles. The van der Waals surface area contributed by atoms with Gasteiger partial charge in [-0.1, -0.05) is 29.8 Å². The van der Waals surface area contributed by atoms with Crippen LogP contribution in [-0.4, -0.2) is 17.6 Å². The van der Waals surface area contributed by atoms with Gasteiger partial charge in [-0.15, -0.1) is 23.1 Å². The van der Waals surface area contributed by atoms with Gasteiger partial charge in [-0.05, 0) is 53.4 Å². The number of benzene rings is 2. The van der Waals surface area contributed by atoms with Crippen LogP contribution in [0.25, 0.3) is 0 Å². The highest BCUT2D eigenvalue weighted by Gasteiger charge is 2.08. The number of carbonyl (C=O) groups is 2. The van der Waals surface area contributed by atoms with Gasteiger partial charge in [-0.2, -0.15) is 0 Å². The van der Waals surface area contributed by atoms with Gasteiger partial charge in [0, 0.05) is 16.5 Å². The quantitative estimate of drug-likeness (QED) is 0.407. The van der Waals surface area contributed by atoms with Crippen molar-refractivity contribution in [2.75, 3.05) is 11.1 Å². The van der Waals surface area contributed by atoms with Crippen LogP contribution in [0.5, 0.6) is 5.75 Å². The van der Waals surface area contributed by atoms with Gasteiger partial charge in [-0.3, -0.25) is 9.59 Å². The van der Waals surface area contributed by atoms with Crippen LogP contribution in [0.4, 0.5) is 5.69 Å². The van der Waals surface area contributed by atoms with E-state index in [0.29, 0.717) is 27.1 Å². The predicted molar refractivity (Wildman–Crippen MR) is 112 cm³/mol. The molecule has 0 radical (unpaired) electrons. The van der Waals surface area contributed by atoms with Gasteiger partial charge in [0.05, 0.1) is 10.6 Å². The molecular formula is C20H16ClNO3S2. The summed E-state index contributed by atoms with van der Waals surface area (Å²) in [6.45, 7) is 0.